The lowest BCUT2D eigenvalue weighted by atomic mass is 10.2. The van der Waals surface area contributed by atoms with Gasteiger partial charge in [0.25, 0.3) is 0 Å². The van der Waals surface area contributed by atoms with Gasteiger partial charge < -0.3 is 5.11 Å². The molecule has 0 aliphatic carbocycles. The second kappa shape index (κ2) is 8.68. The van der Waals surface area contributed by atoms with E-state index in [-0.39, 0.29) is 6.61 Å². The van der Waals surface area contributed by atoms with E-state index in [1.54, 1.807) is 13.0 Å². The molecule has 2 nitrogen and oxygen atoms in total. The lowest BCUT2D eigenvalue weighted by Crippen LogP contribution is -1.67. The third kappa shape index (κ3) is 6.97. The number of carbonyl (C=O) groups is 1. The van der Waals surface area contributed by atoms with Crippen molar-refractivity contribution in [2.75, 3.05) is 6.61 Å². The van der Waals surface area contributed by atoms with Crippen LogP contribution in [0.15, 0.2) is 36.4 Å². The van der Waals surface area contributed by atoms with Gasteiger partial charge in [0.05, 0.1) is 0 Å². The largest absolute Gasteiger partial charge is 0.397 e. The number of benzene rings is 1. The van der Waals surface area contributed by atoms with Crippen LogP contribution in [0.3, 0.4) is 0 Å². The Morgan fingerprint density at radius 3 is 2.31 bits per heavy atom. The summed E-state index contributed by atoms with van der Waals surface area (Å²) in [5.74, 6) is 0. The molecule has 0 fully saturated rings. The first-order chi connectivity index (χ1) is 6.35. The van der Waals surface area contributed by atoms with Gasteiger partial charge in [-0.15, -0.1) is 0 Å². The van der Waals surface area contributed by atoms with Gasteiger partial charge in [-0.05, 0) is 18.6 Å². The lowest BCUT2D eigenvalue weighted by Gasteiger charge is -1.86. The Bertz CT molecular complexity index is 240. The van der Waals surface area contributed by atoms with Crippen LogP contribution < -0.4 is 0 Å². The Hall–Kier alpha value is -1.41. The summed E-state index contributed by atoms with van der Waals surface area (Å²) in [6.07, 6.45) is 4.02. The van der Waals surface area contributed by atoms with Gasteiger partial charge in [-0.25, -0.2) is 0 Å². The minimum Gasteiger partial charge on any atom is -0.397 e. The lowest BCUT2D eigenvalue weighted by molar-refractivity contribution is -0.104. The van der Waals surface area contributed by atoms with E-state index >= 15 is 0 Å². The zero-order chi connectivity index (χ0) is 9.94. The number of aliphatic hydroxyl groups is 1. The molecule has 70 valence electrons. The summed E-state index contributed by atoms with van der Waals surface area (Å²) in [7, 11) is 0. The van der Waals surface area contributed by atoms with Crippen LogP contribution in [0.1, 0.15) is 12.5 Å². The average Bonchev–Trinajstić information content (AvgIpc) is 2.18. The van der Waals surface area contributed by atoms with Gasteiger partial charge in [0.1, 0.15) is 6.29 Å². The molecular formula is C11H14O2. The molecule has 1 aromatic rings. The van der Waals surface area contributed by atoms with Crippen molar-refractivity contribution in [2.45, 2.75) is 6.92 Å². The number of aldehydes is 1. The Labute approximate surface area is 78.5 Å². The molecular weight excluding hydrogens is 164 g/mol. The molecule has 1 aromatic carbocycles. The van der Waals surface area contributed by atoms with Crippen molar-refractivity contribution in [3.63, 3.8) is 0 Å². The van der Waals surface area contributed by atoms with E-state index in [0.717, 1.165) is 11.8 Å². The SMILES string of the molecule is CCO.O=C/C=C/c1ccccc1. The van der Waals surface area contributed by atoms with Gasteiger partial charge in [-0.1, -0.05) is 36.4 Å². The fourth-order valence-electron chi connectivity index (χ4n) is 0.715. The normalized spacial score (nSPS) is 9.08. The molecule has 0 saturated carbocycles. The molecule has 0 bridgehead atoms. The Kier molecular flexibility index (Phi) is 7.74. The molecule has 0 atom stereocenters. The van der Waals surface area contributed by atoms with Crippen LogP contribution in [0, 0.1) is 0 Å². The molecule has 0 aromatic heterocycles. The topological polar surface area (TPSA) is 37.3 Å². The monoisotopic (exact) mass is 178 g/mol. The highest BCUT2D eigenvalue weighted by molar-refractivity contribution is 5.73. The third-order valence-electron chi connectivity index (χ3n) is 1.17. The predicted octanol–water partition coefficient (Wildman–Crippen LogP) is 1.90. The number of carbonyl (C=O) groups excluding carboxylic acids is 1. The van der Waals surface area contributed by atoms with E-state index in [4.69, 9.17) is 5.11 Å². The molecule has 0 aliphatic rings. The first kappa shape index (κ1) is 11.6. The maximum absolute atomic E-state index is 9.89. The van der Waals surface area contributed by atoms with Crippen LogP contribution >= 0.6 is 0 Å². The maximum Gasteiger partial charge on any atom is 0.142 e. The third-order valence-corrected chi connectivity index (χ3v) is 1.17. The zero-order valence-corrected chi connectivity index (χ0v) is 7.68. The number of aliphatic hydroxyl groups excluding tert-OH is 1. The minimum atomic E-state index is 0.250. The highest BCUT2D eigenvalue weighted by Gasteiger charge is 1.79. The van der Waals surface area contributed by atoms with E-state index in [1.165, 1.54) is 6.08 Å². The van der Waals surface area contributed by atoms with E-state index in [9.17, 15) is 4.79 Å². The molecule has 0 unspecified atom stereocenters. The average molecular weight is 178 g/mol. The van der Waals surface area contributed by atoms with Crippen molar-refractivity contribution in [1.29, 1.82) is 0 Å². The summed E-state index contributed by atoms with van der Waals surface area (Å²) in [4.78, 5) is 9.89. The first-order valence-electron chi connectivity index (χ1n) is 4.13. The van der Waals surface area contributed by atoms with Gasteiger partial charge in [0, 0.05) is 6.61 Å². The van der Waals surface area contributed by atoms with E-state index < -0.39 is 0 Å². The summed E-state index contributed by atoms with van der Waals surface area (Å²) in [5, 5.41) is 7.57. The number of allylic oxidation sites excluding steroid dienone is 1. The smallest absolute Gasteiger partial charge is 0.142 e. The van der Waals surface area contributed by atoms with Gasteiger partial charge in [0.15, 0.2) is 0 Å². The molecule has 1 N–H and O–H groups in total. The summed E-state index contributed by atoms with van der Waals surface area (Å²) in [6, 6.07) is 9.70. The number of hydrogen-bond acceptors (Lipinski definition) is 2. The fourth-order valence-corrected chi connectivity index (χ4v) is 0.715. The maximum atomic E-state index is 9.89. The van der Waals surface area contributed by atoms with Crippen LogP contribution in [0.4, 0.5) is 0 Å². The Morgan fingerprint density at radius 1 is 1.31 bits per heavy atom. The highest BCUT2D eigenvalue weighted by atomic mass is 16.2. The highest BCUT2D eigenvalue weighted by Crippen LogP contribution is 1.99. The van der Waals surface area contributed by atoms with Crippen LogP contribution in [0.5, 0.6) is 0 Å². The van der Waals surface area contributed by atoms with Crippen molar-refractivity contribution in [3.8, 4) is 0 Å². The fraction of sp³-hybridized carbons (Fsp3) is 0.182. The van der Waals surface area contributed by atoms with Crippen molar-refractivity contribution < 1.29 is 9.90 Å². The molecule has 0 heterocycles. The Morgan fingerprint density at radius 2 is 1.85 bits per heavy atom. The molecule has 0 aliphatic heterocycles. The van der Waals surface area contributed by atoms with Crippen molar-refractivity contribution in [3.05, 3.63) is 42.0 Å². The standard InChI is InChI=1S/C9H8O.C2H6O/c10-8-4-7-9-5-2-1-3-6-9;1-2-3/h1-8H;3H,2H2,1H3/b7-4+;. The molecule has 1 rings (SSSR count). The van der Waals surface area contributed by atoms with Gasteiger partial charge in [-0.3, -0.25) is 4.79 Å². The molecule has 13 heavy (non-hydrogen) atoms. The van der Waals surface area contributed by atoms with Crippen LogP contribution in [-0.4, -0.2) is 18.0 Å². The summed E-state index contributed by atoms with van der Waals surface area (Å²) in [5.41, 5.74) is 1.05. The summed E-state index contributed by atoms with van der Waals surface area (Å²) < 4.78 is 0. The molecule has 0 radical (unpaired) electrons. The van der Waals surface area contributed by atoms with Crippen LogP contribution in [0.2, 0.25) is 0 Å². The van der Waals surface area contributed by atoms with Crippen molar-refractivity contribution in [2.24, 2.45) is 0 Å². The number of hydrogen-bond donors (Lipinski definition) is 1. The zero-order valence-electron chi connectivity index (χ0n) is 7.68. The van der Waals surface area contributed by atoms with Crippen LogP contribution in [-0.2, 0) is 4.79 Å². The van der Waals surface area contributed by atoms with E-state index in [1.807, 2.05) is 30.3 Å². The van der Waals surface area contributed by atoms with Gasteiger partial charge >= 0.3 is 0 Å². The van der Waals surface area contributed by atoms with Crippen molar-refractivity contribution >= 4 is 12.4 Å². The second-order valence-corrected chi connectivity index (χ2v) is 2.22. The second-order valence-electron chi connectivity index (χ2n) is 2.22. The minimum absolute atomic E-state index is 0.250. The van der Waals surface area contributed by atoms with Gasteiger partial charge in [-0.2, -0.15) is 0 Å². The molecule has 2 heteroatoms. The quantitative estimate of drug-likeness (QED) is 0.554. The molecule has 0 spiro atoms. The van der Waals surface area contributed by atoms with E-state index in [0.29, 0.717) is 0 Å². The summed E-state index contributed by atoms with van der Waals surface area (Å²) in [6.45, 7) is 1.93. The summed E-state index contributed by atoms with van der Waals surface area (Å²) >= 11 is 0. The molecule has 0 amide bonds. The van der Waals surface area contributed by atoms with E-state index in [2.05, 4.69) is 0 Å². The van der Waals surface area contributed by atoms with Crippen molar-refractivity contribution in [1.82, 2.24) is 0 Å². The molecule has 0 saturated heterocycles. The predicted molar refractivity (Wildman–Crippen MR) is 54.3 cm³/mol. The number of rotatable bonds is 2. The Balaban J connectivity index is 0.000000424. The van der Waals surface area contributed by atoms with Crippen LogP contribution in [0.25, 0.3) is 6.08 Å². The first-order valence-corrected chi connectivity index (χ1v) is 4.13. The van der Waals surface area contributed by atoms with Gasteiger partial charge in [0.2, 0.25) is 0 Å².